The van der Waals surface area contributed by atoms with Gasteiger partial charge in [0.15, 0.2) is 0 Å². The van der Waals surface area contributed by atoms with Gasteiger partial charge in [0.1, 0.15) is 5.65 Å². The Bertz CT molecular complexity index is 1080. The van der Waals surface area contributed by atoms with Gasteiger partial charge in [0.2, 0.25) is 11.8 Å². The van der Waals surface area contributed by atoms with Gasteiger partial charge in [-0.2, -0.15) is 5.10 Å². The number of nitrogens with zero attached hydrogens (tertiary/aromatic N) is 4. The molecule has 1 aliphatic rings. The number of aromatic amines is 1. The van der Waals surface area contributed by atoms with E-state index in [4.69, 9.17) is 0 Å². The van der Waals surface area contributed by atoms with Gasteiger partial charge < -0.3 is 15.2 Å². The quantitative estimate of drug-likeness (QED) is 0.677. The van der Waals surface area contributed by atoms with Gasteiger partial charge in [-0.05, 0) is 38.5 Å². The maximum absolute atomic E-state index is 12.8. The number of hydrogen-bond acceptors (Lipinski definition) is 4. The molecule has 0 bridgehead atoms. The van der Waals surface area contributed by atoms with Gasteiger partial charge >= 0.3 is 0 Å². The van der Waals surface area contributed by atoms with Crippen molar-refractivity contribution >= 4 is 22.8 Å². The largest absolute Gasteiger partial charge is 0.355 e. The number of nitrogens with one attached hydrogen (secondary N) is 2. The number of aryl methyl sites for hydroxylation is 1. The van der Waals surface area contributed by atoms with E-state index in [2.05, 4.69) is 20.4 Å². The number of carbonyl (C=O) groups excluding carboxylic acids is 2. The summed E-state index contributed by atoms with van der Waals surface area (Å²) in [7, 11) is 1.87. The third-order valence-electron chi connectivity index (χ3n) is 5.67. The molecule has 4 rings (SSSR count). The second-order valence-electron chi connectivity index (χ2n) is 8.99. The molecule has 4 heterocycles. The number of rotatable bonds is 5. The molecular weight excluding hydrogens is 380 g/mol. The van der Waals surface area contributed by atoms with E-state index in [9.17, 15) is 9.59 Å². The Hall–Kier alpha value is -3.16. The summed E-state index contributed by atoms with van der Waals surface area (Å²) in [6.07, 6.45) is 8.00. The van der Waals surface area contributed by atoms with Crippen molar-refractivity contribution in [3.63, 3.8) is 0 Å². The first-order valence-corrected chi connectivity index (χ1v) is 10.2. The summed E-state index contributed by atoms with van der Waals surface area (Å²) in [4.78, 5) is 34.8. The summed E-state index contributed by atoms with van der Waals surface area (Å²) < 4.78 is 1.75. The minimum atomic E-state index is -0.312. The maximum Gasteiger partial charge on any atom is 0.224 e. The van der Waals surface area contributed by atoms with Crippen LogP contribution in [0.2, 0.25) is 0 Å². The molecule has 8 heteroatoms. The van der Waals surface area contributed by atoms with Gasteiger partial charge in [0.05, 0.1) is 18.7 Å². The Kier molecular flexibility index (Phi) is 5.09. The van der Waals surface area contributed by atoms with Crippen LogP contribution in [0.4, 0.5) is 0 Å². The first-order chi connectivity index (χ1) is 14.2. The molecule has 30 heavy (non-hydrogen) atoms. The Morgan fingerprint density at radius 2 is 2.17 bits per heavy atom. The van der Waals surface area contributed by atoms with Crippen molar-refractivity contribution in [1.29, 1.82) is 0 Å². The fourth-order valence-corrected chi connectivity index (χ4v) is 4.43. The number of carbonyl (C=O) groups is 2. The van der Waals surface area contributed by atoms with Gasteiger partial charge in [-0.25, -0.2) is 4.98 Å². The second-order valence-corrected chi connectivity index (χ2v) is 8.99. The molecule has 1 fully saturated rings. The molecular formula is C22H28N6O2. The van der Waals surface area contributed by atoms with Crippen LogP contribution in [0.25, 0.3) is 11.0 Å². The van der Waals surface area contributed by atoms with E-state index in [0.717, 1.165) is 22.2 Å². The summed E-state index contributed by atoms with van der Waals surface area (Å²) in [6, 6.07) is 3.71. The number of fused-ring (bicyclic) bond motifs is 1. The summed E-state index contributed by atoms with van der Waals surface area (Å²) in [5, 5.41) is 8.30. The van der Waals surface area contributed by atoms with Crippen LogP contribution in [0.3, 0.4) is 0 Å². The summed E-state index contributed by atoms with van der Waals surface area (Å²) in [6.45, 7) is 6.57. The van der Waals surface area contributed by atoms with Gasteiger partial charge in [-0.15, -0.1) is 0 Å². The molecule has 1 saturated heterocycles. The van der Waals surface area contributed by atoms with Crippen molar-refractivity contribution in [3.8, 4) is 0 Å². The molecule has 0 saturated carbocycles. The third-order valence-corrected chi connectivity index (χ3v) is 5.67. The van der Waals surface area contributed by atoms with Crippen LogP contribution in [0.15, 0.2) is 36.9 Å². The van der Waals surface area contributed by atoms with E-state index < -0.39 is 0 Å². The molecule has 0 spiro atoms. The Balaban J connectivity index is 1.48. The van der Waals surface area contributed by atoms with Crippen LogP contribution < -0.4 is 5.32 Å². The molecule has 3 aromatic heterocycles. The number of likely N-dealkylation sites (tertiary alicyclic amines) is 1. The highest BCUT2D eigenvalue weighted by Crippen LogP contribution is 2.42. The van der Waals surface area contributed by atoms with E-state index in [1.807, 2.05) is 63.4 Å². The van der Waals surface area contributed by atoms with Crippen molar-refractivity contribution in [2.75, 3.05) is 6.54 Å². The van der Waals surface area contributed by atoms with Gasteiger partial charge in [0.25, 0.3) is 0 Å². The van der Waals surface area contributed by atoms with Crippen LogP contribution >= 0.6 is 0 Å². The summed E-state index contributed by atoms with van der Waals surface area (Å²) >= 11 is 0. The molecule has 2 N–H and O–H groups in total. The van der Waals surface area contributed by atoms with Crippen molar-refractivity contribution < 1.29 is 9.59 Å². The van der Waals surface area contributed by atoms with E-state index in [1.54, 1.807) is 10.9 Å². The monoisotopic (exact) mass is 408 g/mol. The Morgan fingerprint density at radius 1 is 1.37 bits per heavy atom. The van der Waals surface area contributed by atoms with Crippen LogP contribution in [0.1, 0.15) is 44.4 Å². The van der Waals surface area contributed by atoms with Gasteiger partial charge in [0, 0.05) is 61.0 Å². The summed E-state index contributed by atoms with van der Waals surface area (Å²) in [5.74, 6) is 0.0409. The lowest BCUT2D eigenvalue weighted by Gasteiger charge is -2.38. The zero-order chi connectivity index (χ0) is 21.5. The summed E-state index contributed by atoms with van der Waals surface area (Å²) in [5.41, 5.74) is 2.38. The minimum absolute atomic E-state index is 0.00508. The molecule has 158 valence electrons. The zero-order valence-electron chi connectivity index (χ0n) is 17.8. The van der Waals surface area contributed by atoms with E-state index >= 15 is 0 Å². The number of pyridine rings is 1. The maximum atomic E-state index is 12.8. The Morgan fingerprint density at radius 3 is 2.87 bits per heavy atom. The van der Waals surface area contributed by atoms with Crippen LogP contribution in [-0.4, -0.2) is 48.5 Å². The second kappa shape index (κ2) is 7.59. The lowest BCUT2D eigenvalue weighted by atomic mass is 9.93. The molecule has 3 aromatic rings. The first-order valence-electron chi connectivity index (χ1n) is 10.2. The molecule has 0 aromatic carbocycles. The Labute approximate surface area is 175 Å². The number of aromatic nitrogens is 4. The van der Waals surface area contributed by atoms with E-state index in [1.165, 1.54) is 0 Å². The van der Waals surface area contributed by atoms with Crippen LogP contribution in [0.5, 0.6) is 0 Å². The molecule has 2 amide bonds. The average Bonchev–Trinajstić information content (AvgIpc) is 3.37. The lowest BCUT2D eigenvalue weighted by Crippen LogP contribution is -2.44. The molecule has 2 atom stereocenters. The fraction of sp³-hybridized carbons (Fsp3) is 0.455. The smallest absolute Gasteiger partial charge is 0.224 e. The standard InChI is InChI=1S/C22H28N6O2/c1-22(2,3)28-19(30)9-15(20(28)16-12-26-27(4)13-16)11-24-18(29)8-14-10-25-21-17(14)6-5-7-23-21/h5-7,10,12-13,15,20H,8-9,11H2,1-4H3,(H,23,25)(H,24,29)/t15-,20+/m0/s1. The number of H-pyrrole nitrogens is 1. The van der Waals surface area contributed by atoms with Gasteiger partial charge in [-0.1, -0.05) is 0 Å². The molecule has 0 unspecified atom stereocenters. The van der Waals surface area contributed by atoms with Crippen molar-refractivity contribution in [3.05, 3.63) is 48.0 Å². The third kappa shape index (κ3) is 3.81. The van der Waals surface area contributed by atoms with Crippen molar-refractivity contribution in [2.24, 2.45) is 13.0 Å². The highest BCUT2D eigenvalue weighted by molar-refractivity contribution is 5.87. The van der Waals surface area contributed by atoms with E-state index in [0.29, 0.717) is 13.0 Å². The van der Waals surface area contributed by atoms with Crippen molar-refractivity contribution in [2.45, 2.75) is 45.2 Å². The molecule has 1 aliphatic heterocycles. The number of hydrogen-bond donors (Lipinski definition) is 2. The highest BCUT2D eigenvalue weighted by atomic mass is 16.2. The lowest BCUT2D eigenvalue weighted by molar-refractivity contribution is -0.133. The van der Waals surface area contributed by atoms with Crippen LogP contribution in [-0.2, 0) is 23.1 Å². The predicted molar refractivity (Wildman–Crippen MR) is 113 cm³/mol. The van der Waals surface area contributed by atoms with Gasteiger partial charge in [-0.3, -0.25) is 14.3 Å². The van der Waals surface area contributed by atoms with Crippen molar-refractivity contribution in [1.82, 2.24) is 30.0 Å². The minimum Gasteiger partial charge on any atom is -0.355 e. The topological polar surface area (TPSA) is 95.9 Å². The molecule has 0 aliphatic carbocycles. The van der Waals surface area contributed by atoms with E-state index in [-0.39, 0.29) is 35.7 Å². The number of amides is 2. The average molecular weight is 409 g/mol. The molecule has 0 radical (unpaired) electrons. The fourth-order valence-electron chi connectivity index (χ4n) is 4.43. The zero-order valence-corrected chi connectivity index (χ0v) is 17.8. The molecule has 8 nitrogen and oxygen atoms in total. The SMILES string of the molecule is Cn1cc([C@H]2[C@H](CNC(=O)Cc3c[nH]c4ncccc34)CC(=O)N2C(C)(C)C)cn1. The normalized spacial score (nSPS) is 19.6. The predicted octanol–water partition coefficient (Wildman–Crippen LogP) is 2.34. The highest BCUT2D eigenvalue weighted by Gasteiger charge is 2.45. The first kappa shape index (κ1) is 20.1. The van der Waals surface area contributed by atoms with Crippen LogP contribution in [0, 0.1) is 5.92 Å².